The van der Waals surface area contributed by atoms with Gasteiger partial charge in [0.2, 0.25) is 11.8 Å². The SMILES string of the molecule is CCC(C(=O)NC)N(Cc1ccc(Cl)c(Cl)c1)C(=O)CCc1ccc(C(C)C)cc1. The maximum absolute atomic E-state index is 13.2. The van der Waals surface area contributed by atoms with Crippen molar-refractivity contribution in [1.82, 2.24) is 10.2 Å². The Morgan fingerprint density at radius 3 is 2.17 bits per heavy atom. The van der Waals surface area contributed by atoms with E-state index in [0.717, 1.165) is 11.1 Å². The second-order valence-electron chi connectivity index (χ2n) is 7.70. The van der Waals surface area contributed by atoms with Gasteiger partial charge in [-0.25, -0.2) is 0 Å². The van der Waals surface area contributed by atoms with Crippen LogP contribution in [0.1, 0.15) is 56.2 Å². The fraction of sp³-hybridized carbons (Fsp3) is 0.417. The molecule has 2 rings (SSSR count). The number of rotatable bonds is 9. The average molecular weight is 449 g/mol. The van der Waals surface area contributed by atoms with Crippen LogP contribution in [0.4, 0.5) is 0 Å². The van der Waals surface area contributed by atoms with Crippen molar-refractivity contribution < 1.29 is 9.59 Å². The van der Waals surface area contributed by atoms with E-state index in [-0.39, 0.29) is 11.8 Å². The maximum Gasteiger partial charge on any atom is 0.242 e. The van der Waals surface area contributed by atoms with Crippen LogP contribution in [0.5, 0.6) is 0 Å². The van der Waals surface area contributed by atoms with E-state index in [9.17, 15) is 9.59 Å². The summed E-state index contributed by atoms with van der Waals surface area (Å²) in [5.74, 6) is 0.233. The first-order chi connectivity index (χ1) is 14.3. The summed E-state index contributed by atoms with van der Waals surface area (Å²) < 4.78 is 0. The van der Waals surface area contributed by atoms with Gasteiger partial charge in [0.25, 0.3) is 0 Å². The highest BCUT2D eigenvalue weighted by Gasteiger charge is 2.27. The summed E-state index contributed by atoms with van der Waals surface area (Å²) in [6, 6.07) is 13.1. The highest BCUT2D eigenvalue weighted by molar-refractivity contribution is 6.42. The van der Waals surface area contributed by atoms with E-state index in [1.807, 2.05) is 13.0 Å². The summed E-state index contributed by atoms with van der Waals surface area (Å²) in [6.07, 6.45) is 1.48. The van der Waals surface area contributed by atoms with Gasteiger partial charge in [-0.15, -0.1) is 0 Å². The maximum atomic E-state index is 13.2. The van der Waals surface area contributed by atoms with Crippen LogP contribution in [0.3, 0.4) is 0 Å². The normalized spacial score (nSPS) is 12.0. The molecule has 0 saturated carbocycles. The number of benzene rings is 2. The molecule has 6 heteroatoms. The van der Waals surface area contributed by atoms with Crippen LogP contribution in [0.15, 0.2) is 42.5 Å². The molecule has 0 aliphatic heterocycles. The van der Waals surface area contributed by atoms with E-state index in [4.69, 9.17) is 23.2 Å². The van der Waals surface area contributed by atoms with Crippen molar-refractivity contribution in [3.05, 3.63) is 69.2 Å². The summed E-state index contributed by atoms with van der Waals surface area (Å²) >= 11 is 12.2. The van der Waals surface area contributed by atoms with Crippen LogP contribution in [-0.4, -0.2) is 29.8 Å². The van der Waals surface area contributed by atoms with Gasteiger partial charge in [0.15, 0.2) is 0 Å². The minimum absolute atomic E-state index is 0.0653. The van der Waals surface area contributed by atoms with E-state index < -0.39 is 6.04 Å². The molecule has 0 saturated heterocycles. The Morgan fingerprint density at radius 1 is 1.00 bits per heavy atom. The second kappa shape index (κ2) is 11.4. The molecule has 2 aromatic carbocycles. The van der Waals surface area contributed by atoms with Gasteiger partial charge in [-0.2, -0.15) is 0 Å². The molecule has 2 aromatic rings. The van der Waals surface area contributed by atoms with Crippen molar-refractivity contribution in [3.63, 3.8) is 0 Å². The third kappa shape index (κ3) is 6.48. The van der Waals surface area contributed by atoms with Crippen LogP contribution >= 0.6 is 23.2 Å². The molecule has 0 aliphatic carbocycles. The lowest BCUT2D eigenvalue weighted by atomic mass is 10.00. The van der Waals surface area contributed by atoms with E-state index in [0.29, 0.717) is 41.8 Å². The minimum Gasteiger partial charge on any atom is -0.357 e. The van der Waals surface area contributed by atoms with Crippen molar-refractivity contribution in [2.75, 3.05) is 7.05 Å². The summed E-state index contributed by atoms with van der Waals surface area (Å²) in [4.78, 5) is 27.2. The number of carbonyl (C=O) groups is 2. The van der Waals surface area contributed by atoms with Gasteiger partial charge < -0.3 is 10.2 Å². The quantitative estimate of drug-likeness (QED) is 0.542. The summed E-state index contributed by atoms with van der Waals surface area (Å²) in [5, 5.41) is 3.56. The van der Waals surface area contributed by atoms with Gasteiger partial charge in [-0.05, 0) is 47.6 Å². The van der Waals surface area contributed by atoms with Crippen LogP contribution in [0, 0.1) is 0 Å². The average Bonchev–Trinajstić information content (AvgIpc) is 2.74. The smallest absolute Gasteiger partial charge is 0.242 e. The zero-order valence-corrected chi connectivity index (χ0v) is 19.6. The lowest BCUT2D eigenvalue weighted by Gasteiger charge is -2.30. The molecule has 0 radical (unpaired) electrons. The van der Waals surface area contributed by atoms with Crippen LogP contribution < -0.4 is 5.32 Å². The van der Waals surface area contributed by atoms with Crippen LogP contribution in [0.25, 0.3) is 0 Å². The number of likely N-dealkylation sites (N-methyl/N-ethyl adjacent to an activating group) is 1. The fourth-order valence-corrected chi connectivity index (χ4v) is 3.71. The van der Waals surface area contributed by atoms with Gasteiger partial charge in [0.1, 0.15) is 6.04 Å². The molecule has 1 unspecified atom stereocenters. The molecule has 0 aromatic heterocycles. The predicted octanol–water partition coefficient (Wildman–Crippen LogP) is 5.60. The summed E-state index contributed by atoms with van der Waals surface area (Å²) in [5.41, 5.74) is 3.22. The Balaban J connectivity index is 2.18. The van der Waals surface area contributed by atoms with E-state index >= 15 is 0 Å². The van der Waals surface area contributed by atoms with Gasteiger partial charge in [-0.1, -0.05) is 74.3 Å². The van der Waals surface area contributed by atoms with Crippen LogP contribution in [-0.2, 0) is 22.6 Å². The number of hydrogen-bond acceptors (Lipinski definition) is 2. The number of amides is 2. The predicted molar refractivity (Wildman–Crippen MR) is 124 cm³/mol. The molecule has 1 atom stereocenters. The van der Waals surface area contributed by atoms with Crippen molar-refractivity contribution in [2.24, 2.45) is 0 Å². The standard InChI is InChI=1S/C24H30Cl2N2O2/c1-5-22(24(30)27-4)28(15-18-8-12-20(25)21(26)14-18)23(29)13-9-17-6-10-19(11-7-17)16(2)3/h6-8,10-12,14,16,22H,5,9,13,15H2,1-4H3,(H,27,30). The van der Waals surface area contributed by atoms with Crippen molar-refractivity contribution in [2.45, 2.75) is 58.5 Å². The van der Waals surface area contributed by atoms with E-state index in [2.05, 4.69) is 43.4 Å². The number of carbonyl (C=O) groups excluding carboxylic acids is 2. The zero-order valence-electron chi connectivity index (χ0n) is 18.0. The van der Waals surface area contributed by atoms with Gasteiger partial charge >= 0.3 is 0 Å². The van der Waals surface area contributed by atoms with Gasteiger partial charge in [-0.3, -0.25) is 9.59 Å². The monoisotopic (exact) mass is 448 g/mol. The first kappa shape index (κ1) is 24.2. The fourth-order valence-electron chi connectivity index (χ4n) is 3.38. The Bertz CT molecular complexity index is 866. The zero-order chi connectivity index (χ0) is 22.3. The molecule has 162 valence electrons. The number of aryl methyl sites for hydroxylation is 1. The Hall–Kier alpha value is -2.04. The molecular formula is C24H30Cl2N2O2. The lowest BCUT2D eigenvalue weighted by Crippen LogP contribution is -2.48. The summed E-state index contributed by atoms with van der Waals surface area (Å²) in [7, 11) is 1.59. The Labute approximate surface area is 189 Å². The van der Waals surface area contributed by atoms with Crippen LogP contribution in [0.2, 0.25) is 10.0 Å². The molecule has 0 fully saturated rings. The molecule has 4 nitrogen and oxygen atoms in total. The number of halogens is 2. The second-order valence-corrected chi connectivity index (χ2v) is 8.52. The third-order valence-electron chi connectivity index (χ3n) is 5.24. The first-order valence-corrected chi connectivity index (χ1v) is 11.1. The van der Waals surface area contributed by atoms with E-state index in [1.54, 1.807) is 24.1 Å². The minimum atomic E-state index is -0.541. The molecule has 0 aliphatic rings. The van der Waals surface area contributed by atoms with Crippen molar-refractivity contribution in [1.29, 1.82) is 0 Å². The molecular weight excluding hydrogens is 419 g/mol. The molecule has 0 heterocycles. The number of hydrogen-bond donors (Lipinski definition) is 1. The lowest BCUT2D eigenvalue weighted by molar-refractivity contribution is -0.141. The first-order valence-electron chi connectivity index (χ1n) is 10.3. The highest BCUT2D eigenvalue weighted by Crippen LogP contribution is 2.24. The Kier molecular flexibility index (Phi) is 9.19. The third-order valence-corrected chi connectivity index (χ3v) is 5.98. The van der Waals surface area contributed by atoms with E-state index in [1.165, 1.54) is 5.56 Å². The van der Waals surface area contributed by atoms with Gasteiger partial charge in [0, 0.05) is 20.0 Å². The number of nitrogens with zero attached hydrogens (tertiary/aromatic N) is 1. The summed E-state index contributed by atoms with van der Waals surface area (Å²) in [6.45, 7) is 6.51. The highest BCUT2D eigenvalue weighted by atomic mass is 35.5. The topological polar surface area (TPSA) is 49.4 Å². The van der Waals surface area contributed by atoms with Crippen molar-refractivity contribution >= 4 is 35.0 Å². The van der Waals surface area contributed by atoms with Crippen molar-refractivity contribution in [3.8, 4) is 0 Å². The molecule has 1 N–H and O–H groups in total. The Morgan fingerprint density at radius 2 is 1.63 bits per heavy atom. The molecule has 0 spiro atoms. The molecule has 2 amide bonds. The molecule has 30 heavy (non-hydrogen) atoms. The van der Waals surface area contributed by atoms with Gasteiger partial charge in [0.05, 0.1) is 10.0 Å². The molecule has 0 bridgehead atoms. The number of nitrogens with one attached hydrogen (secondary N) is 1. The largest absolute Gasteiger partial charge is 0.357 e.